The molecule has 0 atom stereocenters. The van der Waals surface area contributed by atoms with Crippen molar-refractivity contribution in [3.63, 3.8) is 0 Å². The van der Waals surface area contributed by atoms with Crippen molar-refractivity contribution in [2.75, 3.05) is 0 Å². The molecule has 0 unspecified atom stereocenters. The van der Waals surface area contributed by atoms with E-state index in [-0.39, 0.29) is 16.8 Å². The third-order valence-corrected chi connectivity index (χ3v) is 2.70. The zero-order chi connectivity index (χ0) is 14.0. The average Bonchev–Trinajstić information content (AvgIpc) is 2.70. The maximum absolute atomic E-state index is 14.2. The standard InChI is InChI=1S/C15H17FN2O/c1-15(2,3)9-13(19)12-10-17-18(14(12)16)11-7-5-4-6-8-11/h4-8,10H,9H2,1-3H3. The van der Waals surface area contributed by atoms with Gasteiger partial charge in [0.25, 0.3) is 0 Å². The highest BCUT2D eigenvalue weighted by Gasteiger charge is 2.23. The monoisotopic (exact) mass is 260 g/mol. The molecule has 1 aromatic heterocycles. The number of ketones is 1. The molecule has 1 heterocycles. The highest BCUT2D eigenvalue weighted by atomic mass is 19.1. The van der Waals surface area contributed by atoms with Gasteiger partial charge in [-0.3, -0.25) is 4.79 Å². The lowest BCUT2D eigenvalue weighted by Crippen LogP contribution is -2.14. The van der Waals surface area contributed by atoms with Crippen LogP contribution >= 0.6 is 0 Å². The maximum atomic E-state index is 14.2. The average molecular weight is 260 g/mol. The van der Waals surface area contributed by atoms with Gasteiger partial charge in [0.2, 0.25) is 5.95 Å². The van der Waals surface area contributed by atoms with E-state index in [1.54, 1.807) is 24.3 Å². The number of hydrogen-bond acceptors (Lipinski definition) is 2. The summed E-state index contributed by atoms with van der Waals surface area (Å²) in [6.07, 6.45) is 1.60. The predicted octanol–water partition coefficient (Wildman–Crippen LogP) is 3.63. The third-order valence-electron chi connectivity index (χ3n) is 2.70. The van der Waals surface area contributed by atoms with Gasteiger partial charge in [-0.1, -0.05) is 39.0 Å². The molecule has 0 amide bonds. The first-order valence-corrected chi connectivity index (χ1v) is 6.20. The highest BCUT2D eigenvalue weighted by Crippen LogP contribution is 2.23. The van der Waals surface area contributed by atoms with E-state index in [0.717, 1.165) is 4.68 Å². The molecular weight excluding hydrogens is 243 g/mol. The Bertz CT molecular complexity index is 582. The number of para-hydroxylation sites is 1. The van der Waals surface area contributed by atoms with Crippen LogP contribution in [0.15, 0.2) is 36.5 Å². The molecule has 2 rings (SSSR count). The van der Waals surface area contributed by atoms with Crippen molar-refractivity contribution in [2.45, 2.75) is 27.2 Å². The van der Waals surface area contributed by atoms with Gasteiger partial charge in [0.05, 0.1) is 17.4 Å². The van der Waals surface area contributed by atoms with E-state index >= 15 is 0 Å². The molecule has 0 aliphatic heterocycles. The minimum absolute atomic E-state index is 0.0544. The molecule has 0 saturated heterocycles. The van der Waals surface area contributed by atoms with Crippen molar-refractivity contribution in [1.82, 2.24) is 9.78 Å². The van der Waals surface area contributed by atoms with Crippen LogP contribution < -0.4 is 0 Å². The van der Waals surface area contributed by atoms with Gasteiger partial charge < -0.3 is 0 Å². The van der Waals surface area contributed by atoms with Gasteiger partial charge in [0, 0.05) is 6.42 Å². The normalized spacial score (nSPS) is 11.6. The molecule has 3 nitrogen and oxygen atoms in total. The lowest BCUT2D eigenvalue weighted by molar-refractivity contribution is 0.0935. The zero-order valence-electron chi connectivity index (χ0n) is 11.4. The summed E-state index contributed by atoms with van der Waals surface area (Å²) in [4.78, 5) is 12.0. The highest BCUT2D eigenvalue weighted by molar-refractivity contribution is 5.96. The molecular formula is C15H17FN2O. The SMILES string of the molecule is CC(C)(C)CC(=O)c1cnn(-c2ccccc2)c1F. The first-order valence-electron chi connectivity index (χ1n) is 6.20. The van der Waals surface area contributed by atoms with Gasteiger partial charge in [0.15, 0.2) is 5.78 Å². The van der Waals surface area contributed by atoms with E-state index in [1.807, 2.05) is 26.8 Å². The molecule has 2 aromatic rings. The van der Waals surface area contributed by atoms with Gasteiger partial charge in [0.1, 0.15) is 0 Å². The summed E-state index contributed by atoms with van der Waals surface area (Å²) in [5, 5.41) is 3.96. The summed E-state index contributed by atoms with van der Waals surface area (Å²) in [6.45, 7) is 5.85. The van der Waals surface area contributed by atoms with Gasteiger partial charge in [-0.2, -0.15) is 9.49 Å². The Kier molecular flexibility index (Phi) is 3.51. The Labute approximate surface area is 112 Å². The van der Waals surface area contributed by atoms with Crippen molar-refractivity contribution in [2.24, 2.45) is 5.41 Å². The molecule has 0 aliphatic carbocycles. The molecule has 0 saturated carbocycles. The van der Waals surface area contributed by atoms with E-state index in [4.69, 9.17) is 0 Å². The smallest absolute Gasteiger partial charge is 0.227 e. The van der Waals surface area contributed by atoms with Crippen molar-refractivity contribution in [3.05, 3.63) is 48.0 Å². The third kappa shape index (κ3) is 3.08. The topological polar surface area (TPSA) is 34.9 Å². The van der Waals surface area contributed by atoms with Crippen LogP contribution in [-0.4, -0.2) is 15.6 Å². The number of aromatic nitrogens is 2. The van der Waals surface area contributed by atoms with Crippen molar-refractivity contribution < 1.29 is 9.18 Å². The summed E-state index contributed by atoms with van der Waals surface area (Å²) in [6, 6.07) is 8.93. The molecule has 0 spiro atoms. The molecule has 100 valence electrons. The molecule has 0 N–H and O–H groups in total. The van der Waals surface area contributed by atoms with Crippen LogP contribution in [0.1, 0.15) is 37.6 Å². The number of benzene rings is 1. The van der Waals surface area contributed by atoms with Crippen molar-refractivity contribution >= 4 is 5.78 Å². The number of halogens is 1. The van der Waals surface area contributed by atoms with E-state index in [2.05, 4.69) is 5.10 Å². The molecule has 4 heteroatoms. The Morgan fingerprint density at radius 1 is 1.26 bits per heavy atom. The molecule has 0 radical (unpaired) electrons. The number of carbonyl (C=O) groups is 1. The van der Waals surface area contributed by atoms with Crippen LogP contribution in [0.4, 0.5) is 4.39 Å². The van der Waals surface area contributed by atoms with E-state index in [0.29, 0.717) is 12.1 Å². The van der Waals surface area contributed by atoms with Gasteiger partial charge >= 0.3 is 0 Å². The van der Waals surface area contributed by atoms with Gasteiger partial charge in [-0.25, -0.2) is 4.68 Å². The lowest BCUT2D eigenvalue weighted by Gasteiger charge is -2.15. The molecule has 0 fully saturated rings. The Balaban J connectivity index is 2.31. The minimum atomic E-state index is -0.597. The quantitative estimate of drug-likeness (QED) is 0.790. The van der Waals surface area contributed by atoms with Gasteiger partial charge in [-0.05, 0) is 17.5 Å². The maximum Gasteiger partial charge on any atom is 0.227 e. The molecule has 19 heavy (non-hydrogen) atoms. The van der Waals surface area contributed by atoms with Gasteiger partial charge in [-0.15, -0.1) is 0 Å². The number of rotatable bonds is 3. The summed E-state index contributed by atoms with van der Waals surface area (Å²) < 4.78 is 15.4. The predicted molar refractivity (Wildman–Crippen MR) is 71.9 cm³/mol. The molecule has 1 aromatic carbocycles. The van der Waals surface area contributed by atoms with Crippen molar-refractivity contribution in [1.29, 1.82) is 0 Å². The number of Topliss-reactive ketones (excluding diaryl/α,β-unsaturated/α-hetero) is 1. The molecule has 0 bridgehead atoms. The van der Waals surface area contributed by atoms with Crippen LogP contribution in [0, 0.1) is 11.4 Å². The first-order chi connectivity index (χ1) is 8.88. The largest absolute Gasteiger partial charge is 0.294 e. The van der Waals surface area contributed by atoms with Crippen LogP contribution in [0.2, 0.25) is 0 Å². The Morgan fingerprint density at radius 3 is 2.47 bits per heavy atom. The van der Waals surface area contributed by atoms with Crippen molar-refractivity contribution in [3.8, 4) is 5.69 Å². The molecule has 0 aliphatic rings. The summed E-state index contributed by atoms with van der Waals surface area (Å²) >= 11 is 0. The Morgan fingerprint density at radius 2 is 1.89 bits per heavy atom. The van der Waals surface area contributed by atoms with Crippen LogP contribution in [0.25, 0.3) is 5.69 Å². The number of hydrogen-bond donors (Lipinski definition) is 0. The number of carbonyl (C=O) groups excluding carboxylic acids is 1. The minimum Gasteiger partial charge on any atom is -0.294 e. The van der Waals surface area contributed by atoms with Crippen LogP contribution in [0.5, 0.6) is 0 Å². The zero-order valence-corrected chi connectivity index (χ0v) is 11.4. The van der Waals surface area contributed by atoms with E-state index < -0.39 is 5.95 Å². The fraction of sp³-hybridized carbons (Fsp3) is 0.333. The summed E-state index contributed by atoms with van der Waals surface area (Å²) in [5.74, 6) is -0.812. The first kappa shape index (κ1) is 13.5. The second-order valence-electron chi connectivity index (χ2n) is 5.76. The van der Waals surface area contributed by atoms with E-state index in [9.17, 15) is 9.18 Å². The fourth-order valence-electron chi connectivity index (χ4n) is 1.85. The van der Waals surface area contributed by atoms with Crippen LogP contribution in [-0.2, 0) is 0 Å². The number of nitrogens with zero attached hydrogens (tertiary/aromatic N) is 2. The van der Waals surface area contributed by atoms with E-state index in [1.165, 1.54) is 6.20 Å². The lowest BCUT2D eigenvalue weighted by atomic mass is 9.88. The second-order valence-corrected chi connectivity index (χ2v) is 5.76. The summed E-state index contributed by atoms with van der Waals surface area (Å²) in [7, 11) is 0. The Hall–Kier alpha value is -1.97. The summed E-state index contributed by atoms with van der Waals surface area (Å²) in [5.41, 5.74) is 0.492. The van der Waals surface area contributed by atoms with Crippen LogP contribution in [0.3, 0.4) is 0 Å². The fourth-order valence-corrected chi connectivity index (χ4v) is 1.85. The second kappa shape index (κ2) is 4.96.